The average molecular weight is 455 g/mol. The van der Waals surface area contributed by atoms with Crippen molar-refractivity contribution in [2.75, 3.05) is 6.61 Å². The Morgan fingerprint density at radius 3 is 2.61 bits per heavy atom. The molecule has 0 unspecified atom stereocenters. The Balaban J connectivity index is 1.42. The molecule has 6 heteroatoms. The highest BCUT2D eigenvalue weighted by atomic mass is 35.5. The monoisotopic (exact) mass is 454 g/mol. The SMILES string of the molecule is O=C(O)C[C@@H]1COc2cc(O[C@@H]3CCc4c(-c5c(Cl)cccc5Cl)cccc43)ccc21. The average Bonchev–Trinajstić information content (AvgIpc) is 3.32. The van der Waals surface area contributed by atoms with Crippen molar-refractivity contribution in [2.45, 2.75) is 31.3 Å². The number of hydrogen-bond acceptors (Lipinski definition) is 3. The number of aliphatic carboxylic acids is 1. The van der Waals surface area contributed by atoms with Crippen LogP contribution in [0.3, 0.4) is 0 Å². The summed E-state index contributed by atoms with van der Waals surface area (Å²) in [6.45, 7) is 0.388. The smallest absolute Gasteiger partial charge is 0.304 e. The van der Waals surface area contributed by atoms with Crippen molar-refractivity contribution < 1.29 is 19.4 Å². The molecule has 5 rings (SSSR count). The van der Waals surface area contributed by atoms with E-state index in [9.17, 15) is 4.79 Å². The molecule has 0 amide bonds. The van der Waals surface area contributed by atoms with Crippen LogP contribution in [0.4, 0.5) is 0 Å². The molecule has 1 aliphatic carbocycles. The summed E-state index contributed by atoms with van der Waals surface area (Å²) < 4.78 is 12.0. The molecule has 0 saturated carbocycles. The fraction of sp³-hybridized carbons (Fsp3) is 0.240. The second kappa shape index (κ2) is 8.10. The largest absolute Gasteiger partial charge is 0.492 e. The van der Waals surface area contributed by atoms with Crippen molar-refractivity contribution in [2.24, 2.45) is 0 Å². The minimum atomic E-state index is -0.821. The van der Waals surface area contributed by atoms with Crippen LogP contribution in [-0.2, 0) is 11.2 Å². The normalized spacial score (nSPS) is 18.9. The first kappa shape index (κ1) is 20.2. The number of carboxylic acid groups (broad SMARTS) is 1. The highest BCUT2D eigenvalue weighted by Gasteiger charge is 2.30. The summed E-state index contributed by atoms with van der Waals surface area (Å²) in [6.07, 6.45) is 1.72. The number of carbonyl (C=O) groups is 1. The lowest BCUT2D eigenvalue weighted by Gasteiger charge is -2.17. The van der Waals surface area contributed by atoms with E-state index in [1.807, 2.05) is 42.5 Å². The summed E-state index contributed by atoms with van der Waals surface area (Å²) in [5.74, 6) is 0.489. The van der Waals surface area contributed by atoms with Gasteiger partial charge in [-0.25, -0.2) is 0 Å². The van der Waals surface area contributed by atoms with Crippen molar-refractivity contribution in [1.82, 2.24) is 0 Å². The Kier molecular flexibility index (Phi) is 5.28. The Bertz CT molecular complexity index is 1150. The van der Waals surface area contributed by atoms with Gasteiger partial charge in [0.25, 0.3) is 0 Å². The number of rotatable bonds is 5. The molecule has 3 aromatic rings. The zero-order valence-corrected chi connectivity index (χ0v) is 18.1. The quantitative estimate of drug-likeness (QED) is 0.467. The third kappa shape index (κ3) is 3.75. The molecule has 158 valence electrons. The molecule has 1 heterocycles. The number of halogens is 2. The van der Waals surface area contributed by atoms with Gasteiger partial charge in [0.15, 0.2) is 0 Å². The van der Waals surface area contributed by atoms with Gasteiger partial charge in [0.2, 0.25) is 0 Å². The Hall–Kier alpha value is -2.69. The van der Waals surface area contributed by atoms with E-state index in [0.29, 0.717) is 28.2 Å². The van der Waals surface area contributed by atoms with Crippen LogP contribution in [0.25, 0.3) is 11.1 Å². The molecular weight excluding hydrogens is 435 g/mol. The second-order valence-electron chi connectivity index (χ2n) is 7.92. The maximum atomic E-state index is 11.1. The minimum absolute atomic E-state index is 0.0661. The van der Waals surface area contributed by atoms with Crippen LogP contribution in [0.15, 0.2) is 54.6 Å². The highest BCUT2D eigenvalue weighted by molar-refractivity contribution is 6.39. The Labute approximate surface area is 190 Å². The van der Waals surface area contributed by atoms with Crippen molar-refractivity contribution in [3.8, 4) is 22.6 Å². The molecule has 1 aliphatic heterocycles. The first-order chi connectivity index (χ1) is 15.0. The van der Waals surface area contributed by atoms with Gasteiger partial charge in [0.05, 0.1) is 13.0 Å². The molecule has 1 N–H and O–H groups in total. The second-order valence-corrected chi connectivity index (χ2v) is 8.74. The van der Waals surface area contributed by atoms with Gasteiger partial charge in [-0.3, -0.25) is 4.79 Å². The zero-order chi connectivity index (χ0) is 21.5. The molecule has 0 spiro atoms. The van der Waals surface area contributed by atoms with Crippen molar-refractivity contribution in [1.29, 1.82) is 0 Å². The van der Waals surface area contributed by atoms with Crippen LogP contribution in [0, 0.1) is 0 Å². The number of ether oxygens (including phenoxy) is 2. The predicted molar refractivity (Wildman–Crippen MR) is 121 cm³/mol. The molecule has 0 saturated heterocycles. The van der Waals surface area contributed by atoms with Gasteiger partial charge in [0, 0.05) is 33.2 Å². The number of fused-ring (bicyclic) bond motifs is 2. The summed E-state index contributed by atoms with van der Waals surface area (Å²) in [5, 5.41) is 10.4. The van der Waals surface area contributed by atoms with Crippen LogP contribution in [0.5, 0.6) is 11.5 Å². The van der Waals surface area contributed by atoms with Crippen LogP contribution in [0.2, 0.25) is 10.0 Å². The lowest BCUT2D eigenvalue weighted by molar-refractivity contribution is -0.137. The topological polar surface area (TPSA) is 55.8 Å². The van der Waals surface area contributed by atoms with Crippen LogP contribution >= 0.6 is 23.2 Å². The van der Waals surface area contributed by atoms with Crippen LogP contribution in [-0.4, -0.2) is 17.7 Å². The fourth-order valence-corrected chi connectivity index (χ4v) is 5.20. The molecule has 0 fully saturated rings. The van der Waals surface area contributed by atoms with E-state index in [2.05, 4.69) is 12.1 Å². The van der Waals surface area contributed by atoms with Gasteiger partial charge in [-0.05, 0) is 47.7 Å². The molecule has 0 radical (unpaired) electrons. The molecular formula is C25H20Cl2O4. The van der Waals surface area contributed by atoms with E-state index in [-0.39, 0.29) is 18.4 Å². The zero-order valence-electron chi connectivity index (χ0n) is 16.6. The third-order valence-electron chi connectivity index (χ3n) is 6.01. The summed E-state index contributed by atoms with van der Waals surface area (Å²) in [7, 11) is 0. The van der Waals surface area contributed by atoms with Crippen LogP contribution < -0.4 is 9.47 Å². The van der Waals surface area contributed by atoms with E-state index in [4.69, 9.17) is 37.8 Å². The number of benzene rings is 3. The van der Waals surface area contributed by atoms with E-state index >= 15 is 0 Å². The maximum Gasteiger partial charge on any atom is 0.304 e. The molecule has 2 atom stereocenters. The van der Waals surface area contributed by atoms with Gasteiger partial charge < -0.3 is 14.6 Å². The highest BCUT2D eigenvalue weighted by Crippen LogP contribution is 2.45. The van der Waals surface area contributed by atoms with Gasteiger partial charge >= 0.3 is 5.97 Å². The minimum Gasteiger partial charge on any atom is -0.492 e. The lowest BCUT2D eigenvalue weighted by atomic mass is 9.96. The summed E-state index contributed by atoms with van der Waals surface area (Å²) in [4.78, 5) is 11.1. The lowest BCUT2D eigenvalue weighted by Crippen LogP contribution is -2.07. The van der Waals surface area contributed by atoms with E-state index in [1.165, 1.54) is 5.56 Å². The fourth-order valence-electron chi connectivity index (χ4n) is 4.60. The van der Waals surface area contributed by atoms with Crippen molar-refractivity contribution in [3.63, 3.8) is 0 Å². The van der Waals surface area contributed by atoms with Crippen molar-refractivity contribution in [3.05, 3.63) is 81.3 Å². The van der Waals surface area contributed by atoms with Gasteiger partial charge in [0.1, 0.15) is 17.6 Å². The number of hydrogen-bond donors (Lipinski definition) is 1. The standard InChI is InChI=1S/C25H20Cl2O4/c26-20-5-2-6-21(27)25(20)19-4-1-3-18-17(19)9-10-22(18)31-15-7-8-16-14(11-24(28)29)13-30-23(16)12-15/h1-8,12,14,22H,9-11,13H2,(H,28,29)/t14-,22-/m1/s1. The summed E-state index contributed by atoms with van der Waals surface area (Å²) in [6, 6.07) is 17.4. The van der Waals surface area contributed by atoms with E-state index < -0.39 is 5.97 Å². The summed E-state index contributed by atoms with van der Waals surface area (Å²) >= 11 is 12.9. The van der Waals surface area contributed by atoms with Gasteiger partial charge in [-0.2, -0.15) is 0 Å². The third-order valence-corrected chi connectivity index (χ3v) is 6.64. The van der Waals surface area contributed by atoms with Gasteiger partial charge in [-0.15, -0.1) is 0 Å². The molecule has 2 aliphatic rings. The Morgan fingerprint density at radius 2 is 1.84 bits per heavy atom. The summed E-state index contributed by atoms with van der Waals surface area (Å²) in [5.41, 5.74) is 5.18. The van der Waals surface area contributed by atoms with Crippen molar-refractivity contribution >= 4 is 29.2 Å². The van der Waals surface area contributed by atoms with E-state index in [1.54, 1.807) is 0 Å². The molecule has 0 aromatic heterocycles. The first-order valence-electron chi connectivity index (χ1n) is 10.2. The maximum absolute atomic E-state index is 11.1. The van der Waals surface area contributed by atoms with E-state index in [0.717, 1.165) is 35.1 Å². The molecule has 0 bridgehead atoms. The van der Waals surface area contributed by atoms with Gasteiger partial charge in [-0.1, -0.05) is 53.5 Å². The Morgan fingerprint density at radius 1 is 1.06 bits per heavy atom. The first-order valence-corrected chi connectivity index (χ1v) is 11.0. The number of carboxylic acids is 1. The molecule has 4 nitrogen and oxygen atoms in total. The molecule has 31 heavy (non-hydrogen) atoms. The molecule has 3 aromatic carbocycles. The predicted octanol–water partition coefficient (Wildman–Crippen LogP) is 6.68. The van der Waals surface area contributed by atoms with Crippen LogP contribution in [0.1, 0.15) is 41.6 Å².